The summed E-state index contributed by atoms with van der Waals surface area (Å²) in [5, 5.41) is 0. The fourth-order valence-corrected chi connectivity index (χ4v) is 2.48. The fraction of sp³-hybridized carbons (Fsp3) is 1.00. The molecule has 0 aromatic carbocycles. The van der Waals surface area contributed by atoms with Crippen LogP contribution in [0.3, 0.4) is 0 Å². The van der Waals surface area contributed by atoms with Crippen LogP contribution in [0.15, 0.2) is 0 Å². The van der Waals surface area contributed by atoms with Crippen molar-refractivity contribution >= 4 is 0 Å². The summed E-state index contributed by atoms with van der Waals surface area (Å²) >= 11 is 0. The molecular formula is C13H27NO2. The second-order valence-corrected chi connectivity index (χ2v) is 4.39. The predicted molar refractivity (Wildman–Crippen MR) is 66.5 cm³/mol. The third kappa shape index (κ3) is 4.40. The van der Waals surface area contributed by atoms with Gasteiger partial charge >= 0.3 is 0 Å². The van der Waals surface area contributed by atoms with Gasteiger partial charge in [-0.15, -0.1) is 0 Å². The Morgan fingerprint density at radius 3 is 2.38 bits per heavy atom. The number of hydrogen-bond donors (Lipinski definition) is 0. The smallest absolute Gasteiger partial charge is 0.170 e. The van der Waals surface area contributed by atoms with Gasteiger partial charge < -0.3 is 9.47 Å². The lowest BCUT2D eigenvalue weighted by molar-refractivity contribution is -0.152. The predicted octanol–water partition coefficient (Wildman–Crippen LogP) is 2.65. The van der Waals surface area contributed by atoms with Crippen LogP contribution in [-0.4, -0.2) is 43.5 Å². The van der Waals surface area contributed by atoms with Gasteiger partial charge in [-0.2, -0.15) is 0 Å². The fourth-order valence-electron chi connectivity index (χ4n) is 2.48. The average molecular weight is 229 g/mol. The SMILES string of the molecule is CCOC(CN1CCCCC1CC)OCC. The van der Waals surface area contributed by atoms with E-state index in [1.165, 1.54) is 32.2 Å². The van der Waals surface area contributed by atoms with Crippen molar-refractivity contribution in [3.63, 3.8) is 0 Å². The Kier molecular flexibility index (Phi) is 7.01. The quantitative estimate of drug-likeness (QED) is 0.626. The molecule has 1 unspecified atom stereocenters. The second kappa shape index (κ2) is 8.04. The van der Waals surface area contributed by atoms with Crippen molar-refractivity contribution in [1.29, 1.82) is 0 Å². The third-order valence-corrected chi connectivity index (χ3v) is 3.31. The van der Waals surface area contributed by atoms with Gasteiger partial charge in [0.25, 0.3) is 0 Å². The van der Waals surface area contributed by atoms with Gasteiger partial charge in [0.05, 0.1) is 0 Å². The minimum absolute atomic E-state index is 0.0397. The maximum Gasteiger partial charge on any atom is 0.170 e. The lowest BCUT2D eigenvalue weighted by Gasteiger charge is -2.37. The molecule has 1 fully saturated rings. The van der Waals surface area contributed by atoms with Crippen LogP contribution >= 0.6 is 0 Å². The summed E-state index contributed by atoms with van der Waals surface area (Å²) in [5.41, 5.74) is 0. The highest BCUT2D eigenvalue weighted by atomic mass is 16.7. The molecule has 1 atom stereocenters. The topological polar surface area (TPSA) is 21.7 Å². The van der Waals surface area contributed by atoms with E-state index in [1.54, 1.807) is 0 Å². The normalized spacial score (nSPS) is 22.9. The molecule has 0 spiro atoms. The standard InChI is InChI=1S/C13H27NO2/c1-4-12-9-7-8-10-14(12)11-13(15-5-2)16-6-3/h12-13H,4-11H2,1-3H3. The molecule has 96 valence electrons. The van der Waals surface area contributed by atoms with Crippen LogP contribution in [0, 0.1) is 0 Å². The van der Waals surface area contributed by atoms with Gasteiger partial charge in [-0.25, -0.2) is 0 Å². The number of piperidine rings is 1. The van der Waals surface area contributed by atoms with E-state index in [1.807, 2.05) is 13.8 Å². The van der Waals surface area contributed by atoms with Crippen LogP contribution in [-0.2, 0) is 9.47 Å². The van der Waals surface area contributed by atoms with Gasteiger partial charge in [0.2, 0.25) is 0 Å². The first-order valence-electron chi connectivity index (χ1n) is 6.79. The van der Waals surface area contributed by atoms with Crippen molar-refractivity contribution in [3.05, 3.63) is 0 Å². The molecule has 0 aromatic rings. The number of rotatable bonds is 7. The number of likely N-dealkylation sites (tertiary alicyclic amines) is 1. The summed E-state index contributed by atoms with van der Waals surface area (Å²) in [4.78, 5) is 2.54. The molecule has 1 aliphatic heterocycles. The minimum atomic E-state index is -0.0397. The summed E-state index contributed by atoms with van der Waals surface area (Å²) in [6.07, 6.45) is 5.23. The van der Waals surface area contributed by atoms with E-state index in [0.29, 0.717) is 0 Å². The van der Waals surface area contributed by atoms with Crippen molar-refractivity contribution in [3.8, 4) is 0 Å². The van der Waals surface area contributed by atoms with Crippen molar-refractivity contribution in [2.24, 2.45) is 0 Å². The first kappa shape index (κ1) is 13.9. The molecule has 3 nitrogen and oxygen atoms in total. The van der Waals surface area contributed by atoms with Crippen LogP contribution in [0.25, 0.3) is 0 Å². The zero-order chi connectivity index (χ0) is 11.8. The molecule has 0 amide bonds. The Bertz CT molecular complexity index is 169. The van der Waals surface area contributed by atoms with Crippen LogP contribution in [0.5, 0.6) is 0 Å². The highest BCUT2D eigenvalue weighted by Gasteiger charge is 2.23. The minimum Gasteiger partial charge on any atom is -0.352 e. The van der Waals surface area contributed by atoms with E-state index in [0.717, 1.165) is 25.8 Å². The van der Waals surface area contributed by atoms with Crippen molar-refractivity contribution in [1.82, 2.24) is 4.90 Å². The van der Waals surface area contributed by atoms with Gasteiger partial charge in [-0.1, -0.05) is 13.3 Å². The first-order chi connectivity index (χ1) is 7.81. The van der Waals surface area contributed by atoms with Gasteiger partial charge in [0, 0.05) is 25.8 Å². The van der Waals surface area contributed by atoms with Crippen LogP contribution in [0.2, 0.25) is 0 Å². The lowest BCUT2D eigenvalue weighted by atomic mass is 10.0. The summed E-state index contributed by atoms with van der Waals surface area (Å²) in [7, 11) is 0. The molecule has 0 aliphatic carbocycles. The molecule has 1 rings (SSSR count). The van der Waals surface area contributed by atoms with Crippen molar-refractivity contribution < 1.29 is 9.47 Å². The maximum atomic E-state index is 5.61. The van der Waals surface area contributed by atoms with Gasteiger partial charge in [0.15, 0.2) is 6.29 Å². The Labute approximate surface area is 100 Å². The largest absolute Gasteiger partial charge is 0.352 e. The molecule has 16 heavy (non-hydrogen) atoms. The molecule has 1 heterocycles. The average Bonchev–Trinajstić information content (AvgIpc) is 2.30. The molecule has 0 N–H and O–H groups in total. The zero-order valence-electron chi connectivity index (χ0n) is 11.1. The number of hydrogen-bond acceptors (Lipinski definition) is 3. The molecule has 0 bridgehead atoms. The van der Waals surface area contributed by atoms with E-state index < -0.39 is 0 Å². The van der Waals surface area contributed by atoms with Crippen molar-refractivity contribution in [2.45, 2.75) is 58.8 Å². The Morgan fingerprint density at radius 1 is 1.12 bits per heavy atom. The van der Waals surface area contributed by atoms with Crippen molar-refractivity contribution in [2.75, 3.05) is 26.3 Å². The summed E-state index contributed by atoms with van der Waals surface area (Å²) < 4.78 is 11.2. The summed E-state index contributed by atoms with van der Waals surface area (Å²) in [6.45, 7) is 9.93. The summed E-state index contributed by atoms with van der Waals surface area (Å²) in [5.74, 6) is 0. The first-order valence-corrected chi connectivity index (χ1v) is 6.79. The highest BCUT2D eigenvalue weighted by Crippen LogP contribution is 2.20. The molecular weight excluding hydrogens is 202 g/mol. The van der Waals surface area contributed by atoms with Crippen LogP contribution < -0.4 is 0 Å². The van der Waals surface area contributed by atoms with E-state index in [-0.39, 0.29) is 6.29 Å². The third-order valence-electron chi connectivity index (χ3n) is 3.31. The maximum absolute atomic E-state index is 5.61. The zero-order valence-corrected chi connectivity index (χ0v) is 11.1. The molecule has 3 heteroatoms. The van der Waals surface area contributed by atoms with Gasteiger partial charge in [0.1, 0.15) is 0 Å². The molecule has 0 radical (unpaired) electrons. The molecule has 0 aromatic heterocycles. The van der Waals surface area contributed by atoms with Gasteiger partial charge in [-0.3, -0.25) is 4.90 Å². The van der Waals surface area contributed by atoms with E-state index in [4.69, 9.17) is 9.47 Å². The summed E-state index contributed by atoms with van der Waals surface area (Å²) in [6, 6.07) is 0.733. The Balaban J connectivity index is 2.40. The highest BCUT2D eigenvalue weighted by molar-refractivity contribution is 4.76. The Hall–Kier alpha value is -0.120. The molecule has 1 aliphatic rings. The molecule has 0 saturated carbocycles. The molecule has 1 saturated heterocycles. The van der Waals surface area contributed by atoms with Crippen LogP contribution in [0.1, 0.15) is 46.5 Å². The van der Waals surface area contributed by atoms with E-state index in [9.17, 15) is 0 Å². The van der Waals surface area contributed by atoms with E-state index in [2.05, 4.69) is 11.8 Å². The second-order valence-electron chi connectivity index (χ2n) is 4.39. The Morgan fingerprint density at radius 2 is 1.81 bits per heavy atom. The van der Waals surface area contributed by atoms with E-state index >= 15 is 0 Å². The number of ether oxygens (including phenoxy) is 2. The van der Waals surface area contributed by atoms with Crippen LogP contribution in [0.4, 0.5) is 0 Å². The monoisotopic (exact) mass is 229 g/mol. The number of nitrogens with zero attached hydrogens (tertiary/aromatic N) is 1. The lowest BCUT2D eigenvalue weighted by Crippen LogP contribution is -2.44. The van der Waals surface area contributed by atoms with Gasteiger partial charge in [-0.05, 0) is 39.7 Å².